The van der Waals surface area contributed by atoms with Gasteiger partial charge in [-0.25, -0.2) is 0 Å². The molecule has 34 heavy (non-hydrogen) atoms. The van der Waals surface area contributed by atoms with Crippen LogP contribution in [0, 0.1) is 0 Å². The number of hydrogen-bond acceptors (Lipinski definition) is 2. The van der Waals surface area contributed by atoms with Crippen molar-refractivity contribution < 1.29 is 9.47 Å². The molecule has 4 aliphatic heterocycles. The first kappa shape index (κ1) is 18.9. The first-order valence-corrected chi connectivity index (χ1v) is 12.0. The Kier molecular flexibility index (Phi) is 3.21. The summed E-state index contributed by atoms with van der Waals surface area (Å²) in [5, 5.41) is 0. The van der Waals surface area contributed by atoms with Crippen LogP contribution in [-0.4, -0.2) is 0 Å². The third kappa shape index (κ3) is 1.91. The van der Waals surface area contributed by atoms with E-state index in [9.17, 15) is 0 Å². The third-order valence-electron chi connectivity index (χ3n) is 8.48. The normalized spacial score (nSPS) is 33.1. The summed E-state index contributed by atoms with van der Waals surface area (Å²) in [5.41, 5.74) is 7.61. The molecule has 2 nitrogen and oxygen atoms in total. The van der Waals surface area contributed by atoms with Gasteiger partial charge in [0.05, 0.1) is 0 Å². The van der Waals surface area contributed by atoms with Crippen molar-refractivity contribution in [1.29, 1.82) is 0 Å². The molecule has 4 aromatic rings. The number of fused-ring (bicyclic) bond motifs is 13. The Morgan fingerprint density at radius 3 is 1.29 bits per heavy atom. The molecule has 4 aromatic carbocycles. The van der Waals surface area contributed by atoms with E-state index in [4.69, 9.17) is 9.47 Å². The van der Waals surface area contributed by atoms with Crippen LogP contribution in [0.2, 0.25) is 0 Å². The molecule has 0 saturated heterocycles. The molecule has 0 amide bonds. The van der Waals surface area contributed by atoms with E-state index >= 15 is 0 Å². The van der Waals surface area contributed by atoms with Gasteiger partial charge in [0.25, 0.3) is 0 Å². The summed E-state index contributed by atoms with van der Waals surface area (Å²) in [5.74, 6) is 0. The van der Waals surface area contributed by atoms with Crippen LogP contribution >= 0.6 is 0 Å². The van der Waals surface area contributed by atoms with E-state index in [2.05, 4.69) is 123 Å². The minimum absolute atomic E-state index is 0.405. The molecule has 164 valence electrons. The number of rotatable bonds is 2. The van der Waals surface area contributed by atoms with E-state index in [-0.39, 0.29) is 0 Å². The molecular weight excluding hydrogens is 416 g/mol. The van der Waals surface area contributed by atoms with Gasteiger partial charge >= 0.3 is 0 Å². The predicted octanol–water partition coefficient (Wildman–Crippen LogP) is 6.64. The molecule has 4 aliphatic rings. The van der Waals surface area contributed by atoms with Crippen molar-refractivity contribution in [3.05, 3.63) is 154 Å². The predicted molar refractivity (Wildman–Crippen MR) is 132 cm³/mol. The minimum Gasteiger partial charge on any atom is -0.351 e. The monoisotopic (exact) mass is 440 g/mol. The van der Waals surface area contributed by atoms with Crippen molar-refractivity contribution in [3.63, 3.8) is 0 Å². The summed E-state index contributed by atoms with van der Waals surface area (Å²) in [6, 6.07) is 34.9. The summed E-state index contributed by atoms with van der Waals surface area (Å²) in [6.07, 6.45) is 4.43. The molecule has 0 radical (unpaired) electrons. The SMILES string of the molecule is CC12C=CC(C)(O1)c1cc3c(cc12)C1(c2ccccc2)OC3(c2ccccc2)c2ccccc21. The lowest BCUT2D eigenvalue weighted by molar-refractivity contribution is -0.0500. The lowest BCUT2D eigenvalue weighted by Gasteiger charge is -2.32. The van der Waals surface area contributed by atoms with Crippen LogP contribution in [0.1, 0.15) is 58.4 Å². The van der Waals surface area contributed by atoms with E-state index < -0.39 is 22.4 Å². The topological polar surface area (TPSA) is 18.5 Å². The Morgan fingerprint density at radius 2 is 0.853 bits per heavy atom. The van der Waals surface area contributed by atoms with Crippen LogP contribution in [-0.2, 0) is 31.9 Å². The van der Waals surface area contributed by atoms with Gasteiger partial charge in [0, 0.05) is 11.1 Å². The van der Waals surface area contributed by atoms with Crippen LogP contribution in [0.15, 0.2) is 109 Å². The minimum atomic E-state index is -0.666. The van der Waals surface area contributed by atoms with Gasteiger partial charge in [0.2, 0.25) is 0 Å². The molecule has 4 heterocycles. The largest absolute Gasteiger partial charge is 0.351 e. The Balaban J connectivity index is 1.54. The molecule has 2 heteroatoms. The molecule has 0 fully saturated rings. The molecule has 0 saturated carbocycles. The zero-order valence-corrected chi connectivity index (χ0v) is 19.2. The summed E-state index contributed by atoms with van der Waals surface area (Å²) in [6.45, 7) is 4.36. The van der Waals surface area contributed by atoms with Gasteiger partial charge in [0.1, 0.15) is 22.4 Å². The molecule has 4 bridgehead atoms. The zero-order chi connectivity index (χ0) is 22.8. The Morgan fingerprint density at radius 1 is 0.441 bits per heavy atom. The van der Waals surface area contributed by atoms with Crippen LogP contribution in [0.25, 0.3) is 0 Å². The highest BCUT2D eigenvalue weighted by atomic mass is 16.5. The fourth-order valence-corrected chi connectivity index (χ4v) is 7.04. The molecule has 0 N–H and O–H groups in total. The van der Waals surface area contributed by atoms with Crippen molar-refractivity contribution >= 4 is 0 Å². The average molecular weight is 441 g/mol. The fourth-order valence-electron chi connectivity index (χ4n) is 7.04. The highest BCUT2D eigenvalue weighted by Crippen LogP contribution is 2.67. The summed E-state index contributed by atoms with van der Waals surface area (Å²) >= 11 is 0. The highest BCUT2D eigenvalue weighted by molar-refractivity contribution is 5.72. The Labute approximate surface area is 199 Å². The van der Waals surface area contributed by atoms with E-state index in [1.807, 2.05) is 0 Å². The molecule has 4 unspecified atom stereocenters. The summed E-state index contributed by atoms with van der Waals surface area (Å²) in [4.78, 5) is 0. The van der Waals surface area contributed by atoms with Gasteiger partial charge in [-0.2, -0.15) is 0 Å². The van der Waals surface area contributed by atoms with Crippen molar-refractivity contribution in [2.75, 3.05) is 0 Å². The first-order chi connectivity index (χ1) is 16.5. The second kappa shape index (κ2) is 5.78. The van der Waals surface area contributed by atoms with Crippen LogP contribution in [0.5, 0.6) is 0 Å². The van der Waals surface area contributed by atoms with Crippen molar-refractivity contribution in [2.45, 2.75) is 36.3 Å². The molecule has 4 atom stereocenters. The van der Waals surface area contributed by atoms with E-state index in [1.165, 1.54) is 33.4 Å². The van der Waals surface area contributed by atoms with Gasteiger partial charge in [-0.15, -0.1) is 0 Å². The molecule has 8 rings (SSSR count). The number of ether oxygens (including phenoxy) is 2. The molecule has 0 aliphatic carbocycles. The zero-order valence-electron chi connectivity index (χ0n) is 19.2. The standard InChI is InChI=1S/C32H24O2/c1-29-17-18-30(2,33-29)26-20-28-27(19-25(26)29)31(21-11-5-3-6-12-21)23-15-9-10-16-24(23)32(28,34-31)22-13-7-4-8-14-22/h3-20H,1-2H3. The number of benzene rings is 4. The number of hydrogen-bond donors (Lipinski definition) is 0. The van der Waals surface area contributed by atoms with Crippen LogP contribution in [0.3, 0.4) is 0 Å². The van der Waals surface area contributed by atoms with Gasteiger partial charge < -0.3 is 9.47 Å². The van der Waals surface area contributed by atoms with Crippen molar-refractivity contribution in [2.24, 2.45) is 0 Å². The van der Waals surface area contributed by atoms with Gasteiger partial charge in [-0.3, -0.25) is 0 Å². The Hall–Kier alpha value is -3.46. The third-order valence-corrected chi connectivity index (χ3v) is 8.48. The second-order valence-electron chi connectivity index (χ2n) is 10.3. The van der Waals surface area contributed by atoms with E-state index in [0.717, 1.165) is 11.1 Å². The van der Waals surface area contributed by atoms with Gasteiger partial charge in [-0.1, -0.05) is 84.9 Å². The fraction of sp³-hybridized carbons (Fsp3) is 0.188. The lowest BCUT2D eigenvalue weighted by Crippen LogP contribution is -2.28. The van der Waals surface area contributed by atoms with Crippen molar-refractivity contribution in [3.8, 4) is 0 Å². The first-order valence-electron chi connectivity index (χ1n) is 12.0. The lowest BCUT2D eigenvalue weighted by atomic mass is 9.66. The Bertz CT molecular complexity index is 1420. The molecule has 0 spiro atoms. The highest BCUT2D eigenvalue weighted by Gasteiger charge is 2.65. The van der Waals surface area contributed by atoms with Crippen molar-refractivity contribution in [1.82, 2.24) is 0 Å². The maximum absolute atomic E-state index is 7.43. The second-order valence-corrected chi connectivity index (χ2v) is 10.3. The van der Waals surface area contributed by atoms with Gasteiger partial charge in [-0.05, 0) is 71.5 Å². The quantitative estimate of drug-likeness (QED) is 0.325. The average Bonchev–Trinajstić information content (AvgIpc) is 3.55. The van der Waals surface area contributed by atoms with E-state index in [1.54, 1.807) is 0 Å². The van der Waals surface area contributed by atoms with Crippen LogP contribution in [0.4, 0.5) is 0 Å². The maximum atomic E-state index is 7.43. The smallest absolute Gasteiger partial charge is 0.146 e. The molecular formula is C32H24O2. The summed E-state index contributed by atoms with van der Waals surface area (Å²) in [7, 11) is 0. The molecule has 0 aromatic heterocycles. The maximum Gasteiger partial charge on any atom is 0.146 e. The van der Waals surface area contributed by atoms with Gasteiger partial charge in [0.15, 0.2) is 0 Å². The van der Waals surface area contributed by atoms with Crippen LogP contribution < -0.4 is 0 Å². The summed E-state index contributed by atoms with van der Waals surface area (Å²) < 4.78 is 14.0. The van der Waals surface area contributed by atoms with E-state index in [0.29, 0.717) is 0 Å².